The third-order valence-corrected chi connectivity index (χ3v) is 2.47. The standard InChI is InChI=1S/C8H12N2O2S/c1-6-2-3-8(10-9-6)13-5-7(12)4-11/h2-3,7,11-12H,4-5H2,1H3. The fourth-order valence-electron chi connectivity index (χ4n) is 0.698. The van der Waals surface area contributed by atoms with Crippen LogP contribution < -0.4 is 0 Å². The molecule has 0 aromatic carbocycles. The molecule has 13 heavy (non-hydrogen) atoms. The molecule has 0 amide bonds. The zero-order chi connectivity index (χ0) is 9.68. The van der Waals surface area contributed by atoms with Gasteiger partial charge >= 0.3 is 0 Å². The summed E-state index contributed by atoms with van der Waals surface area (Å²) in [5, 5.41) is 26.1. The number of hydrogen-bond donors (Lipinski definition) is 2. The number of rotatable bonds is 4. The van der Waals surface area contributed by atoms with Crippen LogP contribution in [0, 0.1) is 6.92 Å². The third kappa shape index (κ3) is 3.71. The molecule has 0 aliphatic heterocycles. The van der Waals surface area contributed by atoms with Crippen molar-refractivity contribution in [1.29, 1.82) is 0 Å². The Kier molecular flexibility index (Phi) is 4.14. The van der Waals surface area contributed by atoms with E-state index in [1.54, 1.807) is 0 Å². The molecule has 5 heteroatoms. The molecule has 1 atom stereocenters. The maximum Gasteiger partial charge on any atom is 0.119 e. The fraction of sp³-hybridized carbons (Fsp3) is 0.500. The minimum Gasteiger partial charge on any atom is -0.394 e. The summed E-state index contributed by atoms with van der Waals surface area (Å²) in [7, 11) is 0. The molecule has 1 heterocycles. The van der Waals surface area contributed by atoms with Gasteiger partial charge in [0.1, 0.15) is 5.03 Å². The highest BCUT2D eigenvalue weighted by molar-refractivity contribution is 7.99. The highest BCUT2D eigenvalue weighted by atomic mass is 32.2. The van der Waals surface area contributed by atoms with Gasteiger partial charge in [-0.3, -0.25) is 0 Å². The Balaban J connectivity index is 2.41. The second-order valence-corrected chi connectivity index (χ2v) is 3.70. The van der Waals surface area contributed by atoms with Gasteiger partial charge < -0.3 is 10.2 Å². The number of aromatic nitrogens is 2. The molecule has 1 rings (SSSR count). The van der Waals surface area contributed by atoms with E-state index in [4.69, 9.17) is 10.2 Å². The summed E-state index contributed by atoms with van der Waals surface area (Å²) >= 11 is 1.38. The molecule has 0 aliphatic rings. The lowest BCUT2D eigenvalue weighted by atomic mass is 10.4. The minimum absolute atomic E-state index is 0.216. The zero-order valence-electron chi connectivity index (χ0n) is 7.34. The molecular weight excluding hydrogens is 188 g/mol. The van der Waals surface area contributed by atoms with E-state index in [1.165, 1.54) is 11.8 Å². The molecule has 0 aliphatic carbocycles. The maximum atomic E-state index is 9.05. The van der Waals surface area contributed by atoms with E-state index < -0.39 is 6.10 Å². The van der Waals surface area contributed by atoms with Gasteiger partial charge in [0.15, 0.2) is 0 Å². The summed E-state index contributed by atoms with van der Waals surface area (Å²) in [6, 6.07) is 3.71. The van der Waals surface area contributed by atoms with Crippen molar-refractivity contribution in [3.63, 3.8) is 0 Å². The van der Waals surface area contributed by atoms with E-state index >= 15 is 0 Å². The Morgan fingerprint density at radius 2 is 2.23 bits per heavy atom. The molecule has 0 bridgehead atoms. The van der Waals surface area contributed by atoms with Crippen LogP contribution in [0.25, 0.3) is 0 Å². The van der Waals surface area contributed by atoms with E-state index in [0.717, 1.165) is 10.7 Å². The number of aliphatic hydroxyl groups is 2. The summed E-state index contributed by atoms with van der Waals surface area (Å²) in [5.41, 5.74) is 0.868. The Morgan fingerprint density at radius 1 is 1.46 bits per heavy atom. The van der Waals surface area contributed by atoms with Crippen LogP contribution in [0.1, 0.15) is 5.69 Å². The first-order chi connectivity index (χ1) is 6.22. The lowest BCUT2D eigenvalue weighted by Crippen LogP contribution is -2.14. The minimum atomic E-state index is -0.687. The van der Waals surface area contributed by atoms with E-state index in [1.807, 2.05) is 19.1 Å². The average Bonchev–Trinajstić information content (AvgIpc) is 2.16. The van der Waals surface area contributed by atoms with Crippen molar-refractivity contribution in [2.45, 2.75) is 18.1 Å². The van der Waals surface area contributed by atoms with Gasteiger partial charge in [-0.2, -0.15) is 5.10 Å². The molecular formula is C8H12N2O2S. The van der Waals surface area contributed by atoms with Crippen molar-refractivity contribution >= 4 is 11.8 Å². The second kappa shape index (κ2) is 5.16. The molecule has 4 nitrogen and oxygen atoms in total. The SMILES string of the molecule is Cc1ccc(SCC(O)CO)nn1. The van der Waals surface area contributed by atoms with E-state index in [9.17, 15) is 0 Å². The summed E-state index contributed by atoms with van der Waals surface area (Å²) in [4.78, 5) is 0. The highest BCUT2D eigenvalue weighted by Crippen LogP contribution is 2.14. The van der Waals surface area contributed by atoms with E-state index in [-0.39, 0.29) is 6.61 Å². The summed E-state index contributed by atoms with van der Waals surface area (Å²) in [5.74, 6) is 0.439. The van der Waals surface area contributed by atoms with Gasteiger partial charge in [0, 0.05) is 5.75 Å². The number of hydrogen-bond acceptors (Lipinski definition) is 5. The van der Waals surface area contributed by atoms with Crippen LogP contribution in [-0.2, 0) is 0 Å². The van der Waals surface area contributed by atoms with Gasteiger partial charge in [0.05, 0.1) is 18.4 Å². The van der Waals surface area contributed by atoms with Crippen LogP contribution in [0.5, 0.6) is 0 Å². The Bertz CT molecular complexity index is 253. The highest BCUT2D eigenvalue weighted by Gasteiger charge is 2.03. The molecule has 2 N–H and O–H groups in total. The molecule has 72 valence electrons. The second-order valence-electron chi connectivity index (χ2n) is 2.66. The summed E-state index contributed by atoms with van der Waals surface area (Å²) in [6.07, 6.45) is -0.687. The Hall–Kier alpha value is -0.650. The first-order valence-corrected chi connectivity index (χ1v) is 4.93. The molecule has 1 unspecified atom stereocenters. The van der Waals surface area contributed by atoms with Gasteiger partial charge in [-0.15, -0.1) is 16.9 Å². The van der Waals surface area contributed by atoms with Crippen molar-refractivity contribution in [3.05, 3.63) is 17.8 Å². The molecule has 0 spiro atoms. The average molecular weight is 200 g/mol. The van der Waals surface area contributed by atoms with Crippen LogP contribution in [0.2, 0.25) is 0 Å². The normalized spacial score (nSPS) is 12.8. The lowest BCUT2D eigenvalue weighted by molar-refractivity contribution is 0.113. The van der Waals surface area contributed by atoms with E-state index in [2.05, 4.69) is 10.2 Å². The number of aryl methyl sites for hydroxylation is 1. The van der Waals surface area contributed by atoms with Gasteiger partial charge in [-0.05, 0) is 19.1 Å². The first kappa shape index (κ1) is 10.4. The topological polar surface area (TPSA) is 66.2 Å². The molecule has 0 radical (unpaired) electrons. The monoisotopic (exact) mass is 200 g/mol. The summed E-state index contributed by atoms with van der Waals surface area (Å²) in [6.45, 7) is 1.65. The zero-order valence-corrected chi connectivity index (χ0v) is 8.16. The van der Waals surface area contributed by atoms with Crippen molar-refractivity contribution in [3.8, 4) is 0 Å². The van der Waals surface area contributed by atoms with Crippen molar-refractivity contribution in [1.82, 2.24) is 10.2 Å². The van der Waals surface area contributed by atoms with E-state index in [0.29, 0.717) is 5.75 Å². The maximum absolute atomic E-state index is 9.05. The molecule has 0 saturated carbocycles. The third-order valence-electron chi connectivity index (χ3n) is 1.41. The quantitative estimate of drug-likeness (QED) is 0.681. The summed E-state index contributed by atoms with van der Waals surface area (Å²) < 4.78 is 0. The van der Waals surface area contributed by atoms with Crippen LogP contribution in [0.15, 0.2) is 17.2 Å². The van der Waals surface area contributed by atoms with Gasteiger partial charge in [0.2, 0.25) is 0 Å². The first-order valence-electron chi connectivity index (χ1n) is 3.94. The number of aliphatic hydroxyl groups excluding tert-OH is 2. The van der Waals surface area contributed by atoms with Crippen LogP contribution in [0.3, 0.4) is 0 Å². The predicted molar refractivity (Wildman–Crippen MR) is 50.6 cm³/mol. The fourth-order valence-corrected chi connectivity index (χ4v) is 1.43. The van der Waals surface area contributed by atoms with Crippen molar-refractivity contribution < 1.29 is 10.2 Å². The van der Waals surface area contributed by atoms with Gasteiger partial charge in [-0.25, -0.2) is 0 Å². The van der Waals surface area contributed by atoms with Gasteiger partial charge in [0.25, 0.3) is 0 Å². The van der Waals surface area contributed by atoms with Crippen molar-refractivity contribution in [2.75, 3.05) is 12.4 Å². The molecule has 0 saturated heterocycles. The Morgan fingerprint density at radius 3 is 2.77 bits per heavy atom. The number of thioether (sulfide) groups is 1. The molecule has 0 fully saturated rings. The van der Waals surface area contributed by atoms with Crippen LogP contribution in [-0.4, -0.2) is 38.9 Å². The van der Waals surface area contributed by atoms with Crippen molar-refractivity contribution in [2.24, 2.45) is 0 Å². The predicted octanol–water partition coefficient (Wildman–Crippen LogP) is 0.230. The largest absolute Gasteiger partial charge is 0.394 e. The smallest absolute Gasteiger partial charge is 0.119 e. The van der Waals surface area contributed by atoms with Crippen LogP contribution in [0.4, 0.5) is 0 Å². The lowest BCUT2D eigenvalue weighted by Gasteiger charge is -2.04. The van der Waals surface area contributed by atoms with Crippen LogP contribution >= 0.6 is 11.8 Å². The van der Waals surface area contributed by atoms with Gasteiger partial charge in [-0.1, -0.05) is 0 Å². The molecule has 1 aromatic rings. The number of nitrogens with zero attached hydrogens (tertiary/aromatic N) is 2. The molecule has 1 aromatic heterocycles. The Labute approximate surface area is 81.0 Å².